The quantitative estimate of drug-likeness (QED) is 0.0263. The zero-order chi connectivity index (χ0) is 45.1. The fraction of sp³-hybridized carbons (Fsp3) is 0.696. The van der Waals surface area contributed by atoms with Gasteiger partial charge in [-0.1, -0.05) is 221 Å². The first-order valence-corrected chi connectivity index (χ1v) is 25.6. The molecule has 0 N–H and O–H groups in total. The molecule has 0 bridgehead atoms. The molecule has 0 spiro atoms. The molecule has 0 aliphatic carbocycles. The van der Waals surface area contributed by atoms with Gasteiger partial charge in [0.25, 0.3) is 0 Å². The minimum absolute atomic E-state index is 0.0965. The largest absolute Gasteiger partial charge is 0.462 e. The van der Waals surface area contributed by atoms with Gasteiger partial charge in [-0.05, 0) is 77.0 Å². The predicted molar refractivity (Wildman–Crippen MR) is 265 cm³/mol. The summed E-state index contributed by atoms with van der Waals surface area (Å²) >= 11 is 0. The van der Waals surface area contributed by atoms with E-state index in [1.807, 2.05) is 6.08 Å². The molecule has 0 aromatic heterocycles. The Morgan fingerprint density at radius 3 is 1.10 bits per heavy atom. The van der Waals surface area contributed by atoms with Crippen molar-refractivity contribution < 1.29 is 28.6 Å². The number of carbonyl (C=O) groups excluding carboxylic acids is 3. The third kappa shape index (κ3) is 47.6. The average Bonchev–Trinajstić information content (AvgIpc) is 3.27. The van der Waals surface area contributed by atoms with Crippen molar-refractivity contribution in [2.75, 3.05) is 13.2 Å². The van der Waals surface area contributed by atoms with E-state index >= 15 is 0 Å². The highest BCUT2D eigenvalue weighted by molar-refractivity contribution is 5.72. The van der Waals surface area contributed by atoms with E-state index in [-0.39, 0.29) is 31.6 Å². The van der Waals surface area contributed by atoms with Crippen molar-refractivity contribution in [1.82, 2.24) is 0 Å². The maximum Gasteiger partial charge on any atom is 0.310 e. The Balaban J connectivity index is 4.44. The number of carbonyl (C=O) groups is 3. The molecule has 0 fully saturated rings. The van der Waals surface area contributed by atoms with Gasteiger partial charge in [0, 0.05) is 12.8 Å². The summed E-state index contributed by atoms with van der Waals surface area (Å²) in [4.78, 5) is 37.8. The van der Waals surface area contributed by atoms with Gasteiger partial charge in [0.05, 0.1) is 6.42 Å². The molecule has 0 aromatic carbocycles. The standard InChI is InChI=1S/C56H94O6/c1-4-7-10-13-16-19-22-24-26-27-28-29-31-32-34-37-40-43-46-49-55(58)61-52-53(51-60-54(57)48-45-42-39-36-21-18-15-12-9-6-3)62-56(59)50-47-44-41-38-35-33-30-25-23-20-17-14-11-8-5-2/h8,11,16-17,19-20,24-26,30,35,38,44,47,53H,4-7,9-10,12-15,18,21-23,27-29,31-34,36-37,39-43,45-46,48-52H2,1-3H3/b11-8-,19-16-,20-17-,26-24-,30-25-,38-35-,47-44-. The smallest absolute Gasteiger partial charge is 0.310 e. The molecule has 62 heavy (non-hydrogen) atoms. The summed E-state index contributed by atoms with van der Waals surface area (Å²) in [6, 6.07) is 0. The molecule has 0 radical (unpaired) electrons. The number of hydrogen-bond acceptors (Lipinski definition) is 6. The molecular weight excluding hydrogens is 769 g/mol. The number of rotatable bonds is 45. The molecule has 0 aliphatic heterocycles. The summed E-state index contributed by atoms with van der Waals surface area (Å²) in [5.41, 5.74) is 0. The first-order chi connectivity index (χ1) is 30.5. The van der Waals surface area contributed by atoms with Gasteiger partial charge in [-0.15, -0.1) is 0 Å². The monoisotopic (exact) mass is 863 g/mol. The molecule has 0 rings (SSSR count). The second kappa shape index (κ2) is 50.2. The van der Waals surface area contributed by atoms with Crippen LogP contribution < -0.4 is 0 Å². The minimum Gasteiger partial charge on any atom is -0.462 e. The van der Waals surface area contributed by atoms with Crippen molar-refractivity contribution in [3.8, 4) is 0 Å². The molecule has 0 saturated heterocycles. The van der Waals surface area contributed by atoms with Crippen molar-refractivity contribution in [3.63, 3.8) is 0 Å². The van der Waals surface area contributed by atoms with Gasteiger partial charge >= 0.3 is 17.9 Å². The van der Waals surface area contributed by atoms with E-state index < -0.39 is 12.1 Å². The highest BCUT2D eigenvalue weighted by atomic mass is 16.6. The van der Waals surface area contributed by atoms with Crippen molar-refractivity contribution in [3.05, 3.63) is 85.1 Å². The van der Waals surface area contributed by atoms with E-state index in [0.717, 1.165) is 77.0 Å². The Morgan fingerprint density at radius 2 is 0.677 bits per heavy atom. The van der Waals surface area contributed by atoms with Crippen molar-refractivity contribution in [1.29, 1.82) is 0 Å². The number of unbranched alkanes of at least 4 members (excludes halogenated alkanes) is 21. The second-order valence-electron chi connectivity index (χ2n) is 16.7. The van der Waals surface area contributed by atoms with Crippen LogP contribution in [0.1, 0.15) is 233 Å². The Kier molecular flexibility index (Phi) is 47.5. The summed E-state index contributed by atoms with van der Waals surface area (Å²) in [5, 5.41) is 0. The summed E-state index contributed by atoms with van der Waals surface area (Å²) in [6.45, 7) is 6.39. The normalized spacial score (nSPS) is 12.8. The Bertz CT molecular complexity index is 1220. The summed E-state index contributed by atoms with van der Waals surface area (Å²) in [6.07, 6.45) is 64.5. The van der Waals surface area contributed by atoms with E-state index in [9.17, 15) is 14.4 Å². The van der Waals surface area contributed by atoms with E-state index in [0.29, 0.717) is 12.8 Å². The van der Waals surface area contributed by atoms with Crippen LogP contribution in [0.5, 0.6) is 0 Å². The summed E-state index contributed by atoms with van der Waals surface area (Å²) in [5.74, 6) is -1.05. The molecule has 0 amide bonds. The average molecular weight is 863 g/mol. The molecule has 0 aliphatic rings. The number of hydrogen-bond donors (Lipinski definition) is 0. The second-order valence-corrected chi connectivity index (χ2v) is 16.7. The topological polar surface area (TPSA) is 78.9 Å². The maximum absolute atomic E-state index is 12.7. The lowest BCUT2D eigenvalue weighted by Gasteiger charge is -2.18. The van der Waals surface area contributed by atoms with Crippen molar-refractivity contribution in [2.24, 2.45) is 0 Å². The van der Waals surface area contributed by atoms with Crippen molar-refractivity contribution in [2.45, 2.75) is 239 Å². The molecule has 0 heterocycles. The van der Waals surface area contributed by atoms with Crippen LogP contribution in [0.15, 0.2) is 85.1 Å². The van der Waals surface area contributed by atoms with E-state index in [1.54, 1.807) is 6.08 Å². The van der Waals surface area contributed by atoms with Gasteiger partial charge in [-0.2, -0.15) is 0 Å². The summed E-state index contributed by atoms with van der Waals surface area (Å²) < 4.78 is 16.7. The van der Waals surface area contributed by atoms with Gasteiger partial charge in [-0.25, -0.2) is 0 Å². The van der Waals surface area contributed by atoms with Gasteiger partial charge in [0.15, 0.2) is 6.10 Å². The van der Waals surface area contributed by atoms with Crippen LogP contribution in [-0.4, -0.2) is 37.2 Å². The molecule has 1 unspecified atom stereocenters. The molecule has 6 heteroatoms. The van der Waals surface area contributed by atoms with Crippen LogP contribution in [0.4, 0.5) is 0 Å². The zero-order valence-electron chi connectivity index (χ0n) is 40.4. The molecule has 0 saturated carbocycles. The van der Waals surface area contributed by atoms with Crippen LogP contribution >= 0.6 is 0 Å². The molecule has 6 nitrogen and oxygen atoms in total. The highest BCUT2D eigenvalue weighted by Gasteiger charge is 2.19. The van der Waals surface area contributed by atoms with Gasteiger partial charge in [-0.3, -0.25) is 14.4 Å². The lowest BCUT2D eigenvalue weighted by atomic mass is 10.1. The first-order valence-electron chi connectivity index (χ1n) is 25.6. The van der Waals surface area contributed by atoms with Gasteiger partial charge in [0.1, 0.15) is 13.2 Å². The number of ether oxygens (including phenoxy) is 3. The SMILES string of the molecule is CC/C=C\C/C=C\C/C=C\C/C=C\C/C=C\CC(=O)OC(COC(=O)CCCCCCCCCCCC)COC(=O)CCCCCCCCCCC/C=C\C/C=C\CCCCC. The van der Waals surface area contributed by atoms with Crippen LogP contribution in [0.2, 0.25) is 0 Å². The van der Waals surface area contributed by atoms with E-state index in [1.165, 1.54) is 116 Å². The highest BCUT2D eigenvalue weighted by Crippen LogP contribution is 2.14. The van der Waals surface area contributed by atoms with Gasteiger partial charge < -0.3 is 14.2 Å². The van der Waals surface area contributed by atoms with Crippen LogP contribution in [0, 0.1) is 0 Å². The zero-order valence-corrected chi connectivity index (χ0v) is 40.4. The lowest BCUT2D eigenvalue weighted by molar-refractivity contribution is -0.166. The Hall–Kier alpha value is -3.41. The lowest BCUT2D eigenvalue weighted by Crippen LogP contribution is -2.30. The van der Waals surface area contributed by atoms with Crippen LogP contribution in [0.25, 0.3) is 0 Å². The molecule has 354 valence electrons. The van der Waals surface area contributed by atoms with Gasteiger partial charge in [0.2, 0.25) is 0 Å². The summed E-state index contributed by atoms with van der Waals surface area (Å²) in [7, 11) is 0. The van der Waals surface area contributed by atoms with Crippen LogP contribution in [-0.2, 0) is 28.6 Å². The molecule has 0 aromatic rings. The van der Waals surface area contributed by atoms with E-state index in [4.69, 9.17) is 14.2 Å². The maximum atomic E-state index is 12.7. The first kappa shape index (κ1) is 58.6. The molecular formula is C56H94O6. The minimum atomic E-state index is -0.830. The Morgan fingerprint density at radius 1 is 0.355 bits per heavy atom. The van der Waals surface area contributed by atoms with Crippen LogP contribution in [0.3, 0.4) is 0 Å². The fourth-order valence-electron chi connectivity index (χ4n) is 6.84. The fourth-order valence-corrected chi connectivity index (χ4v) is 6.84. The number of esters is 3. The number of allylic oxidation sites excluding steroid dienone is 13. The molecule has 1 atom stereocenters. The third-order valence-corrected chi connectivity index (χ3v) is 10.7. The van der Waals surface area contributed by atoms with E-state index in [2.05, 4.69) is 93.7 Å². The Labute approximate surface area is 382 Å². The third-order valence-electron chi connectivity index (χ3n) is 10.7. The van der Waals surface area contributed by atoms with Crippen molar-refractivity contribution >= 4 is 17.9 Å². The predicted octanol–water partition coefficient (Wildman–Crippen LogP) is 16.8.